The van der Waals surface area contributed by atoms with E-state index >= 15 is 0 Å². The molecule has 1 N–H and O–H groups in total. The summed E-state index contributed by atoms with van der Waals surface area (Å²) in [4.78, 5) is 0. The van der Waals surface area contributed by atoms with E-state index in [1.54, 1.807) is 0 Å². The van der Waals surface area contributed by atoms with Crippen LogP contribution in [0.2, 0.25) is 19.6 Å². The van der Waals surface area contributed by atoms with Crippen molar-refractivity contribution >= 4 is 8.07 Å². The lowest BCUT2D eigenvalue weighted by atomic mass is 10.2. The van der Waals surface area contributed by atoms with Crippen LogP contribution in [0, 0.1) is 0 Å². The Kier molecular flexibility index (Phi) is 7.98. The van der Waals surface area contributed by atoms with Gasteiger partial charge in [-0.2, -0.15) is 0 Å². The second-order valence-corrected chi connectivity index (χ2v) is 11.6. The zero-order valence-electron chi connectivity index (χ0n) is 13.3. The molecule has 0 aliphatic rings. The van der Waals surface area contributed by atoms with Gasteiger partial charge in [-0.3, -0.25) is 0 Å². The van der Waals surface area contributed by atoms with Gasteiger partial charge in [-0.1, -0.05) is 80.3 Å². The minimum atomic E-state index is -1.03. The largest absolute Gasteiger partial charge is 0.392 e. The third kappa shape index (κ3) is 9.18. The van der Waals surface area contributed by atoms with Gasteiger partial charge >= 0.3 is 0 Å². The van der Waals surface area contributed by atoms with Crippen LogP contribution in [0.5, 0.6) is 0 Å². The molecule has 0 amide bonds. The topological polar surface area (TPSA) is 29.5 Å². The molecule has 0 aliphatic carbocycles. The molecule has 0 radical (unpaired) electrons. The average molecular weight is 302 g/mol. The number of ether oxygens (including phenoxy) is 1. The van der Waals surface area contributed by atoms with Crippen molar-refractivity contribution in [1.29, 1.82) is 0 Å². The summed E-state index contributed by atoms with van der Waals surface area (Å²) in [6, 6.07) is 19.9. The molecule has 2 nitrogen and oxygen atoms in total. The third-order valence-corrected chi connectivity index (χ3v) is 3.74. The highest BCUT2D eigenvalue weighted by atomic mass is 28.3. The standard InChI is InChI=1S/C11H18OSi.C7H8O/c1-13(2,3)10-12-9-11-7-5-4-6-8-11;8-6-7-4-2-1-3-5-7/h4-8H,9-10H2,1-3H3;1-5,8H,6H2. The maximum absolute atomic E-state index is 8.54. The van der Waals surface area contributed by atoms with Crippen molar-refractivity contribution in [3.63, 3.8) is 0 Å². The van der Waals surface area contributed by atoms with Gasteiger partial charge in [-0.15, -0.1) is 0 Å². The summed E-state index contributed by atoms with van der Waals surface area (Å²) in [6.45, 7) is 7.85. The molecule has 0 bridgehead atoms. The normalized spacial score (nSPS) is 10.7. The van der Waals surface area contributed by atoms with E-state index in [1.165, 1.54) is 5.56 Å². The van der Waals surface area contributed by atoms with Gasteiger partial charge in [0.15, 0.2) is 0 Å². The fourth-order valence-corrected chi connectivity index (χ4v) is 2.35. The molecule has 0 aliphatic heterocycles. The number of benzene rings is 2. The Balaban J connectivity index is 0.000000235. The first-order chi connectivity index (χ1) is 10.0. The van der Waals surface area contributed by atoms with E-state index in [1.807, 2.05) is 48.5 Å². The van der Waals surface area contributed by atoms with Crippen LogP contribution in [-0.4, -0.2) is 19.4 Å². The number of rotatable bonds is 5. The highest BCUT2D eigenvalue weighted by Crippen LogP contribution is 2.05. The van der Waals surface area contributed by atoms with Gasteiger partial charge in [0.05, 0.1) is 21.3 Å². The molecule has 0 atom stereocenters. The van der Waals surface area contributed by atoms with Crippen LogP contribution in [0.1, 0.15) is 11.1 Å². The highest BCUT2D eigenvalue weighted by molar-refractivity contribution is 6.76. The van der Waals surface area contributed by atoms with Crippen molar-refractivity contribution in [2.75, 3.05) is 6.23 Å². The quantitative estimate of drug-likeness (QED) is 0.836. The zero-order valence-corrected chi connectivity index (χ0v) is 14.3. The molecule has 0 unspecified atom stereocenters. The van der Waals surface area contributed by atoms with Crippen molar-refractivity contribution in [3.05, 3.63) is 71.8 Å². The smallest absolute Gasteiger partial charge is 0.0746 e. The lowest BCUT2D eigenvalue weighted by Crippen LogP contribution is -2.27. The summed E-state index contributed by atoms with van der Waals surface area (Å²) in [5, 5.41) is 8.54. The van der Waals surface area contributed by atoms with Gasteiger partial charge in [-0.05, 0) is 11.1 Å². The van der Waals surface area contributed by atoms with E-state index < -0.39 is 8.07 Å². The SMILES string of the molecule is C[Si](C)(C)COCc1ccccc1.OCc1ccccc1. The molecule has 21 heavy (non-hydrogen) atoms. The average Bonchev–Trinajstić information content (AvgIpc) is 2.48. The Morgan fingerprint density at radius 3 is 1.67 bits per heavy atom. The summed E-state index contributed by atoms with van der Waals surface area (Å²) in [5.74, 6) is 0. The van der Waals surface area contributed by atoms with Crippen molar-refractivity contribution in [2.45, 2.75) is 32.9 Å². The first-order valence-corrected chi connectivity index (χ1v) is 11.0. The minimum absolute atomic E-state index is 0.140. The monoisotopic (exact) mass is 302 g/mol. The Hall–Kier alpha value is -1.42. The first-order valence-electron chi connectivity index (χ1n) is 7.28. The Bertz CT molecular complexity index is 478. The Labute approximate surface area is 129 Å². The van der Waals surface area contributed by atoms with Crippen molar-refractivity contribution in [2.24, 2.45) is 0 Å². The predicted octanol–water partition coefficient (Wildman–Crippen LogP) is 4.26. The second-order valence-electron chi connectivity index (χ2n) is 6.18. The third-order valence-electron chi connectivity index (χ3n) is 2.67. The fraction of sp³-hybridized carbons (Fsp3) is 0.333. The molecule has 0 spiro atoms. The van der Waals surface area contributed by atoms with Gasteiger partial charge in [0.2, 0.25) is 0 Å². The predicted molar refractivity (Wildman–Crippen MR) is 91.8 cm³/mol. The lowest BCUT2D eigenvalue weighted by molar-refractivity contribution is 0.159. The summed E-state index contributed by atoms with van der Waals surface area (Å²) in [5.41, 5.74) is 2.23. The molecular formula is C18H26O2Si. The van der Waals surface area contributed by atoms with Crippen molar-refractivity contribution in [3.8, 4) is 0 Å². The van der Waals surface area contributed by atoms with E-state index in [0.29, 0.717) is 0 Å². The molecule has 2 aromatic carbocycles. The van der Waals surface area contributed by atoms with Gasteiger partial charge in [-0.25, -0.2) is 0 Å². The highest BCUT2D eigenvalue weighted by Gasteiger charge is 2.12. The summed E-state index contributed by atoms with van der Waals surface area (Å²) < 4.78 is 5.65. The van der Waals surface area contributed by atoms with Gasteiger partial charge < -0.3 is 9.84 Å². The van der Waals surface area contributed by atoms with Crippen molar-refractivity contribution < 1.29 is 9.84 Å². The van der Waals surface area contributed by atoms with Crippen LogP contribution in [0.3, 0.4) is 0 Å². The first kappa shape index (κ1) is 17.6. The molecule has 0 heterocycles. The maximum Gasteiger partial charge on any atom is 0.0746 e. The Morgan fingerprint density at radius 2 is 1.29 bits per heavy atom. The van der Waals surface area contributed by atoms with Crippen molar-refractivity contribution in [1.82, 2.24) is 0 Å². The van der Waals surface area contributed by atoms with Gasteiger partial charge in [0.25, 0.3) is 0 Å². The molecule has 0 saturated carbocycles. The lowest BCUT2D eigenvalue weighted by Gasteiger charge is -2.15. The molecule has 2 rings (SSSR count). The number of aliphatic hydroxyl groups excluding tert-OH is 1. The molecular weight excluding hydrogens is 276 g/mol. The maximum atomic E-state index is 8.54. The van der Waals surface area contributed by atoms with E-state index in [9.17, 15) is 0 Å². The summed E-state index contributed by atoms with van der Waals surface area (Å²) in [7, 11) is -1.03. The summed E-state index contributed by atoms with van der Waals surface area (Å²) >= 11 is 0. The van der Waals surface area contributed by atoms with Crippen LogP contribution in [0.15, 0.2) is 60.7 Å². The molecule has 0 saturated heterocycles. The van der Waals surface area contributed by atoms with E-state index in [2.05, 4.69) is 31.8 Å². The second kappa shape index (κ2) is 9.50. The fourth-order valence-electron chi connectivity index (χ4n) is 1.63. The van der Waals surface area contributed by atoms with Gasteiger partial charge in [0.1, 0.15) is 0 Å². The van der Waals surface area contributed by atoms with Gasteiger partial charge in [0, 0.05) is 6.23 Å². The van der Waals surface area contributed by atoms with Crippen LogP contribution >= 0.6 is 0 Å². The number of aliphatic hydroxyl groups is 1. The van der Waals surface area contributed by atoms with E-state index in [0.717, 1.165) is 18.4 Å². The minimum Gasteiger partial charge on any atom is -0.392 e. The van der Waals surface area contributed by atoms with Crippen LogP contribution in [0.4, 0.5) is 0 Å². The molecule has 0 fully saturated rings. The van der Waals surface area contributed by atoms with E-state index in [4.69, 9.17) is 9.84 Å². The van der Waals surface area contributed by atoms with Crippen LogP contribution in [0.25, 0.3) is 0 Å². The Morgan fingerprint density at radius 1 is 0.810 bits per heavy atom. The van der Waals surface area contributed by atoms with E-state index in [-0.39, 0.29) is 6.61 Å². The molecule has 3 heteroatoms. The number of hydrogen-bond donors (Lipinski definition) is 1. The summed E-state index contributed by atoms with van der Waals surface area (Å²) in [6.07, 6.45) is 0.946. The molecule has 114 valence electrons. The zero-order chi connectivity index (χ0) is 15.6. The van der Waals surface area contributed by atoms with Crippen LogP contribution < -0.4 is 0 Å². The van der Waals surface area contributed by atoms with Crippen LogP contribution in [-0.2, 0) is 18.0 Å². The molecule has 0 aromatic heterocycles. The molecule has 2 aromatic rings. The number of hydrogen-bond acceptors (Lipinski definition) is 2.